The van der Waals surface area contributed by atoms with Crippen LogP contribution in [0.15, 0.2) is 53.6 Å². The largest absolute Gasteiger partial charge is 0.383 e. The molecule has 2 aromatic rings. The van der Waals surface area contributed by atoms with Crippen LogP contribution in [0.25, 0.3) is 0 Å². The summed E-state index contributed by atoms with van der Waals surface area (Å²) in [6, 6.07) is 12.5. The van der Waals surface area contributed by atoms with Crippen LogP contribution >= 0.6 is 0 Å². The average molecular weight is 432 g/mol. The second-order valence-electron chi connectivity index (χ2n) is 7.57. The minimum atomic E-state index is -3.53. The molecule has 1 aromatic heterocycles. The molecule has 1 fully saturated rings. The molecule has 7 nitrogen and oxygen atoms in total. The van der Waals surface area contributed by atoms with Gasteiger partial charge in [-0.15, -0.1) is 0 Å². The van der Waals surface area contributed by atoms with E-state index in [-0.39, 0.29) is 11.8 Å². The predicted molar refractivity (Wildman–Crippen MR) is 114 cm³/mol. The summed E-state index contributed by atoms with van der Waals surface area (Å²) in [5.41, 5.74) is 1.84. The number of hydrogen-bond acceptors (Lipinski definition) is 5. The molecule has 162 valence electrons. The van der Waals surface area contributed by atoms with Gasteiger partial charge in [0.05, 0.1) is 23.7 Å². The molecule has 0 radical (unpaired) electrons. The van der Waals surface area contributed by atoms with Crippen molar-refractivity contribution >= 4 is 15.9 Å². The summed E-state index contributed by atoms with van der Waals surface area (Å²) in [7, 11) is -1.92. The number of ether oxygens (including phenoxy) is 1. The minimum Gasteiger partial charge on any atom is -0.383 e. The van der Waals surface area contributed by atoms with E-state index in [0.29, 0.717) is 50.5 Å². The first kappa shape index (κ1) is 22.4. The van der Waals surface area contributed by atoms with Crippen molar-refractivity contribution in [2.45, 2.75) is 31.2 Å². The van der Waals surface area contributed by atoms with Crippen LogP contribution in [-0.2, 0) is 26.1 Å². The summed E-state index contributed by atoms with van der Waals surface area (Å²) in [4.78, 5) is 19.5. The van der Waals surface area contributed by atoms with E-state index in [4.69, 9.17) is 4.74 Å². The summed E-state index contributed by atoms with van der Waals surface area (Å²) in [5.74, 6) is -0.167. The van der Waals surface area contributed by atoms with Gasteiger partial charge in [-0.1, -0.05) is 23.8 Å². The summed E-state index contributed by atoms with van der Waals surface area (Å²) < 4.78 is 32.4. The molecule has 0 aliphatic carbocycles. The van der Waals surface area contributed by atoms with Gasteiger partial charge in [0.15, 0.2) is 0 Å². The van der Waals surface area contributed by atoms with Crippen LogP contribution < -0.4 is 0 Å². The Morgan fingerprint density at radius 3 is 2.47 bits per heavy atom. The third kappa shape index (κ3) is 5.44. The average Bonchev–Trinajstić information content (AvgIpc) is 2.77. The second kappa shape index (κ2) is 10.1. The predicted octanol–water partition coefficient (Wildman–Crippen LogP) is 2.47. The van der Waals surface area contributed by atoms with Crippen molar-refractivity contribution in [3.63, 3.8) is 0 Å². The molecular weight excluding hydrogens is 402 g/mol. The smallest absolute Gasteiger partial charge is 0.243 e. The number of pyridine rings is 1. The third-order valence-corrected chi connectivity index (χ3v) is 7.33. The highest BCUT2D eigenvalue weighted by Crippen LogP contribution is 2.25. The van der Waals surface area contributed by atoms with E-state index in [2.05, 4.69) is 4.98 Å². The minimum absolute atomic E-state index is 0.0325. The van der Waals surface area contributed by atoms with E-state index >= 15 is 0 Å². The Kier molecular flexibility index (Phi) is 7.58. The van der Waals surface area contributed by atoms with Gasteiger partial charge in [-0.25, -0.2) is 8.42 Å². The van der Waals surface area contributed by atoms with Crippen molar-refractivity contribution in [2.24, 2.45) is 5.92 Å². The summed E-state index contributed by atoms with van der Waals surface area (Å²) in [6.45, 7) is 3.95. The Morgan fingerprint density at radius 1 is 1.17 bits per heavy atom. The first-order valence-corrected chi connectivity index (χ1v) is 11.6. The van der Waals surface area contributed by atoms with Crippen LogP contribution in [-0.4, -0.2) is 61.9 Å². The molecule has 0 saturated carbocycles. The van der Waals surface area contributed by atoms with Crippen LogP contribution in [0.3, 0.4) is 0 Å². The molecule has 0 spiro atoms. The van der Waals surface area contributed by atoms with Gasteiger partial charge in [-0.2, -0.15) is 4.31 Å². The highest BCUT2D eigenvalue weighted by Gasteiger charge is 2.33. The first-order chi connectivity index (χ1) is 14.4. The highest BCUT2D eigenvalue weighted by molar-refractivity contribution is 7.89. The SMILES string of the molecule is COCCN(Cc1ccccn1)C(=O)C1CCN(S(=O)(=O)c2ccc(C)cc2)CC1. The highest BCUT2D eigenvalue weighted by atomic mass is 32.2. The van der Waals surface area contributed by atoms with Crippen LogP contribution in [0.5, 0.6) is 0 Å². The fourth-order valence-corrected chi connectivity index (χ4v) is 5.09. The fraction of sp³-hybridized carbons (Fsp3) is 0.455. The monoisotopic (exact) mass is 431 g/mol. The zero-order valence-corrected chi connectivity index (χ0v) is 18.3. The quantitative estimate of drug-likeness (QED) is 0.642. The normalized spacial score (nSPS) is 15.8. The molecule has 1 saturated heterocycles. The third-order valence-electron chi connectivity index (χ3n) is 5.42. The van der Waals surface area contributed by atoms with Crippen molar-refractivity contribution in [2.75, 3.05) is 33.4 Å². The van der Waals surface area contributed by atoms with Gasteiger partial charge in [0, 0.05) is 38.9 Å². The standard InChI is InChI=1S/C22H29N3O4S/c1-18-6-8-21(9-7-18)30(27,28)25-13-10-19(11-14-25)22(26)24(15-16-29-2)17-20-5-3-4-12-23-20/h3-9,12,19H,10-11,13-17H2,1-2H3. The zero-order chi connectivity index (χ0) is 21.6. The Morgan fingerprint density at radius 2 is 1.87 bits per heavy atom. The lowest BCUT2D eigenvalue weighted by Crippen LogP contribution is -2.45. The Hall–Kier alpha value is -2.29. The number of sulfonamides is 1. The molecule has 3 rings (SSSR count). The number of rotatable bonds is 8. The molecule has 2 heterocycles. The van der Waals surface area contributed by atoms with E-state index in [0.717, 1.165) is 11.3 Å². The van der Waals surface area contributed by atoms with Gasteiger partial charge in [0.1, 0.15) is 0 Å². The van der Waals surface area contributed by atoms with Gasteiger partial charge in [0.25, 0.3) is 0 Å². The Balaban J connectivity index is 1.64. The van der Waals surface area contributed by atoms with Gasteiger partial charge in [-0.3, -0.25) is 9.78 Å². The number of hydrogen-bond donors (Lipinski definition) is 0. The van der Waals surface area contributed by atoms with Gasteiger partial charge < -0.3 is 9.64 Å². The number of nitrogens with zero attached hydrogens (tertiary/aromatic N) is 3. The summed E-state index contributed by atoms with van der Waals surface area (Å²) >= 11 is 0. The molecule has 1 aliphatic heterocycles. The van der Waals surface area contributed by atoms with Crippen LogP contribution in [0.4, 0.5) is 0 Å². The maximum atomic E-state index is 13.1. The number of methoxy groups -OCH3 is 1. The number of carbonyl (C=O) groups excluding carboxylic acids is 1. The van der Waals surface area contributed by atoms with Crippen molar-refractivity contribution in [3.8, 4) is 0 Å². The summed E-state index contributed by atoms with van der Waals surface area (Å²) in [6.07, 6.45) is 2.73. The number of piperidine rings is 1. The topological polar surface area (TPSA) is 79.8 Å². The van der Waals surface area contributed by atoms with E-state index in [9.17, 15) is 13.2 Å². The molecule has 30 heavy (non-hydrogen) atoms. The van der Waals surface area contributed by atoms with E-state index in [1.165, 1.54) is 4.31 Å². The number of aromatic nitrogens is 1. The van der Waals surface area contributed by atoms with E-state index < -0.39 is 10.0 Å². The molecular formula is C22H29N3O4S. The maximum absolute atomic E-state index is 13.1. The van der Waals surface area contributed by atoms with E-state index in [1.54, 1.807) is 42.5 Å². The lowest BCUT2D eigenvalue weighted by Gasteiger charge is -2.33. The van der Waals surface area contributed by atoms with Crippen LogP contribution in [0.1, 0.15) is 24.1 Å². The van der Waals surface area contributed by atoms with E-state index in [1.807, 2.05) is 25.1 Å². The lowest BCUT2D eigenvalue weighted by atomic mass is 9.96. The number of amides is 1. The Labute approximate surface area is 178 Å². The van der Waals surface area contributed by atoms with Gasteiger partial charge in [0.2, 0.25) is 15.9 Å². The maximum Gasteiger partial charge on any atom is 0.243 e. The number of benzene rings is 1. The van der Waals surface area contributed by atoms with Gasteiger partial charge >= 0.3 is 0 Å². The van der Waals surface area contributed by atoms with Crippen molar-refractivity contribution < 1.29 is 17.9 Å². The van der Waals surface area contributed by atoms with Crippen molar-refractivity contribution in [1.29, 1.82) is 0 Å². The zero-order valence-electron chi connectivity index (χ0n) is 17.5. The van der Waals surface area contributed by atoms with Crippen LogP contribution in [0, 0.1) is 12.8 Å². The molecule has 0 N–H and O–H groups in total. The molecule has 0 unspecified atom stereocenters. The van der Waals surface area contributed by atoms with Crippen molar-refractivity contribution in [1.82, 2.24) is 14.2 Å². The molecule has 8 heteroatoms. The molecule has 1 aliphatic rings. The fourth-order valence-electron chi connectivity index (χ4n) is 3.62. The first-order valence-electron chi connectivity index (χ1n) is 10.2. The Bertz CT molecular complexity index is 925. The molecule has 0 atom stereocenters. The number of carbonyl (C=O) groups is 1. The second-order valence-corrected chi connectivity index (χ2v) is 9.50. The van der Waals surface area contributed by atoms with Crippen LogP contribution in [0.2, 0.25) is 0 Å². The molecule has 1 amide bonds. The van der Waals surface area contributed by atoms with Gasteiger partial charge in [-0.05, 0) is 44.0 Å². The number of aryl methyl sites for hydroxylation is 1. The summed E-state index contributed by atoms with van der Waals surface area (Å²) in [5, 5.41) is 0. The molecule has 1 aromatic carbocycles. The lowest BCUT2D eigenvalue weighted by molar-refractivity contribution is -0.138. The van der Waals surface area contributed by atoms with Crippen molar-refractivity contribution in [3.05, 3.63) is 59.9 Å². The molecule has 0 bridgehead atoms.